The Morgan fingerprint density at radius 3 is 2.40 bits per heavy atom. The first-order valence-electron chi connectivity index (χ1n) is 2.91. The zero-order valence-electron chi connectivity index (χ0n) is 5.27. The molecule has 0 heterocycles. The number of hydrogen-bond donors (Lipinski definition) is 0. The molecule has 0 nitrogen and oxygen atoms in total. The summed E-state index contributed by atoms with van der Waals surface area (Å²) >= 11 is 4.06. The van der Waals surface area contributed by atoms with Gasteiger partial charge in [-0.1, -0.05) is 0 Å². The number of rotatable bonds is 2. The third-order valence-electron chi connectivity index (χ3n) is 1.18. The molecule has 0 bridgehead atoms. The normalized spacial score (nSPS) is 9.80. The zero-order valence-corrected chi connectivity index (χ0v) is 8.88. The van der Waals surface area contributed by atoms with Crippen molar-refractivity contribution in [3.63, 3.8) is 0 Å². The summed E-state index contributed by atoms with van der Waals surface area (Å²) in [6.07, 6.45) is 0. The molecular weight excluding hydrogens is 257 g/mol. The van der Waals surface area contributed by atoms with Crippen LogP contribution in [0.3, 0.4) is 0 Å². The average Bonchev–Trinajstić information content (AvgIpc) is 1.95. The van der Waals surface area contributed by atoms with E-state index in [1.165, 1.54) is 0 Å². The molecular formula is C7H6ClFSn. The van der Waals surface area contributed by atoms with Crippen LogP contribution in [0.2, 0.25) is 5.02 Å². The number of hydrogen-bond acceptors (Lipinski definition) is 0. The van der Waals surface area contributed by atoms with E-state index in [1.807, 2.05) is 12.1 Å². The summed E-state index contributed by atoms with van der Waals surface area (Å²) in [5.74, 6) is 0. The van der Waals surface area contributed by atoms with Crippen LogP contribution >= 0.6 is 11.6 Å². The van der Waals surface area contributed by atoms with Crippen molar-refractivity contribution < 1.29 is 2.87 Å². The third kappa shape index (κ3) is 2.46. The van der Waals surface area contributed by atoms with Crippen LogP contribution < -0.4 is 0 Å². The van der Waals surface area contributed by atoms with Crippen LogP contribution in [0.1, 0.15) is 5.56 Å². The van der Waals surface area contributed by atoms with E-state index in [-0.39, 0.29) is 0 Å². The van der Waals surface area contributed by atoms with E-state index in [0.717, 1.165) is 5.56 Å². The Hall–Kier alpha value is 0.239. The van der Waals surface area contributed by atoms with Crippen LogP contribution in [-0.4, -0.2) is 21.7 Å². The van der Waals surface area contributed by atoms with Crippen molar-refractivity contribution in [3.8, 4) is 0 Å². The molecule has 0 atom stereocenters. The van der Waals surface area contributed by atoms with E-state index in [4.69, 9.17) is 11.6 Å². The van der Waals surface area contributed by atoms with Crippen LogP contribution in [0, 0.1) is 0 Å². The minimum atomic E-state index is -1.57. The molecule has 1 aromatic carbocycles. The fourth-order valence-electron chi connectivity index (χ4n) is 0.679. The maximum atomic E-state index is 11.9. The van der Waals surface area contributed by atoms with Crippen molar-refractivity contribution in [1.82, 2.24) is 0 Å². The van der Waals surface area contributed by atoms with Gasteiger partial charge in [-0.2, -0.15) is 0 Å². The van der Waals surface area contributed by atoms with Gasteiger partial charge in [0.05, 0.1) is 0 Å². The molecule has 0 unspecified atom stereocenters. The number of benzene rings is 1. The first-order chi connectivity index (χ1) is 4.83. The second-order valence-electron chi connectivity index (χ2n) is 1.94. The second-order valence-corrected chi connectivity index (χ2v) is 4.15. The summed E-state index contributed by atoms with van der Waals surface area (Å²) in [5, 5.41) is 0.716. The van der Waals surface area contributed by atoms with Gasteiger partial charge in [-0.3, -0.25) is 0 Å². The van der Waals surface area contributed by atoms with Gasteiger partial charge in [-0.25, -0.2) is 0 Å². The Labute approximate surface area is 75.4 Å². The predicted molar refractivity (Wildman–Crippen MR) is 42.0 cm³/mol. The van der Waals surface area contributed by atoms with Crippen molar-refractivity contribution in [3.05, 3.63) is 34.9 Å². The monoisotopic (exact) mass is 264 g/mol. The van der Waals surface area contributed by atoms with E-state index in [1.54, 1.807) is 12.1 Å². The van der Waals surface area contributed by atoms with Gasteiger partial charge < -0.3 is 0 Å². The van der Waals surface area contributed by atoms with E-state index >= 15 is 0 Å². The topological polar surface area (TPSA) is 0 Å². The van der Waals surface area contributed by atoms with Gasteiger partial charge in [0.25, 0.3) is 0 Å². The summed E-state index contributed by atoms with van der Waals surface area (Å²) in [7, 11) is 0. The van der Waals surface area contributed by atoms with E-state index in [2.05, 4.69) is 0 Å². The molecule has 1 aromatic rings. The average molecular weight is 263 g/mol. The minimum absolute atomic E-state index is 0.653. The Kier molecular flexibility index (Phi) is 3.49. The van der Waals surface area contributed by atoms with Crippen molar-refractivity contribution in [2.24, 2.45) is 0 Å². The first kappa shape index (κ1) is 8.34. The molecule has 0 aromatic heterocycles. The maximum absolute atomic E-state index is 11.9. The summed E-state index contributed by atoms with van der Waals surface area (Å²) in [4.78, 5) is 0. The van der Waals surface area contributed by atoms with Gasteiger partial charge >= 0.3 is 75.5 Å². The Balaban J connectivity index is 2.69. The molecule has 0 saturated heterocycles. The van der Waals surface area contributed by atoms with Crippen LogP contribution in [0.15, 0.2) is 24.3 Å². The standard InChI is InChI=1S/C7H6Cl.FH.Sn/c1-6-2-4-7(8)5-3-6;;/h2-5H,1H2;1H;/q;;+1/p-1. The molecule has 10 heavy (non-hydrogen) atoms. The summed E-state index contributed by atoms with van der Waals surface area (Å²) in [6, 6.07) is 7.35. The van der Waals surface area contributed by atoms with E-state index in [0.29, 0.717) is 9.46 Å². The Morgan fingerprint density at radius 1 is 1.30 bits per heavy atom. The summed E-state index contributed by atoms with van der Waals surface area (Å²) in [6.45, 7) is 0. The summed E-state index contributed by atoms with van der Waals surface area (Å²) < 4.78 is 12.6. The van der Waals surface area contributed by atoms with Crippen molar-refractivity contribution in [1.29, 1.82) is 0 Å². The second kappa shape index (κ2) is 4.19. The van der Waals surface area contributed by atoms with Gasteiger partial charge in [0.2, 0.25) is 0 Å². The number of halogens is 2. The fourth-order valence-corrected chi connectivity index (χ4v) is 1.92. The van der Waals surface area contributed by atoms with Crippen molar-refractivity contribution in [2.45, 2.75) is 4.44 Å². The molecule has 1 rings (SSSR count). The van der Waals surface area contributed by atoms with Gasteiger partial charge in [-0.15, -0.1) is 0 Å². The molecule has 0 aliphatic rings. The van der Waals surface area contributed by atoms with Crippen LogP contribution in [0.5, 0.6) is 0 Å². The molecule has 0 spiro atoms. The van der Waals surface area contributed by atoms with Gasteiger partial charge in [-0.05, 0) is 0 Å². The molecule has 0 N–H and O–H groups in total. The molecule has 3 heteroatoms. The van der Waals surface area contributed by atoms with E-state index in [9.17, 15) is 2.87 Å². The third-order valence-corrected chi connectivity index (χ3v) is 2.98. The van der Waals surface area contributed by atoms with Crippen LogP contribution in [0.25, 0.3) is 0 Å². The summed E-state index contributed by atoms with van der Waals surface area (Å²) in [5.41, 5.74) is 1.07. The Morgan fingerprint density at radius 2 is 1.90 bits per heavy atom. The Bertz CT molecular complexity index is 197. The van der Waals surface area contributed by atoms with Crippen molar-refractivity contribution >= 4 is 33.3 Å². The van der Waals surface area contributed by atoms with E-state index < -0.39 is 21.7 Å². The quantitative estimate of drug-likeness (QED) is 0.719. The first-order valence-corrected chi connectivity index (χ1v) is 6.38. The molecule has 52 valence electrons. The molecule has 0 aliphatic heterocycles. The van der Waals surface area contributed by atoms with Crippen LogP contribution in [-0.2, 0) is 4.44 Å². The molecule has 0 aliphatic carbocycles. The molecule has 0 saturated carbocycles. The fraction of sp³-hybridized carbons (Fsp3) is 0.143. The van der Waals surface area contributed by atoms with Gasteiger partial charge in [0.15, 0.2) is 0 Å². The molecule has 0 fully saturated rings. The predicted octanol–water partition coefficient (Wildman–Crippen LogP) is 2.43. The zero-order chi connectivity index (χ0) is 7.40. The van der Waals surface area contributed by atoms with Gasteiger partial charge in [0, 0.05) is 0 Å². The van der Waals surface area contributed by atoms with Gasteiger partial charge in [0.1, 0.15) is 0 Å². The molecule has 0 amide bonds. The molecule has 2 radical (unpaired) electrons. The SMILES string of the molecule is [F][Sn][CH2]c1ccc(Cl)cc1. The van der Waals surface area contributed by atoms with Crippen LogP contribution in [0.4, 0.5) is 2.87 Å². The van der Waals surface area contributed by atoms with Crippen molar-refractivity contribution in [2.75, 3.05) is 0 Å².